The molecule has 3 aromatic rings. The first-order valence-electron chi connectivity index (χ1n) is 9.78. The Kier molecular flexibility index (Phi) is 5.30. The molecule has 0 aliphatic carbocycles. The molecule has 1 heterocycles. The van der Waals surface area contributed by atoms with Crippen LogP contribution < -0.4 is 25.4 Å². The van der Waals surface area contributed by atoms with Crippen molar-refractivity contribution in [1.29, 1.82) is 0 Å². The van der Waals surface area contributed by atoms with Crippen molar-refractivity contribution in [1.82, 2.24) is 0 Å². The van der Waals surface area contributed by atoms with Crippen molar-refractivity contribution < 1.29 is 22.8 Å². The summed E-state index contributed by atoms with van der Waals surface area (Å²) in [5.41, 5.74) is 4.32. The maximum absolute atomic E-state index is 15.0. The molecule has 0 saturated heterocycles. The van der Waals surface area contributed by atoms with E-state index in [4.69, 9.17) is 4.74 Å². The van der Waals surface area contributed by atoms with Crippen LogP contribution in [0.2, 0.25) is 0 Å². The van der Waals surface area contributed by atoms with Gasteiger partial charge in [0.05, 0.1) is 4.47 Å². The monoisotopic (exact) mass is 506 g/mol. The average Bonchev–Trinajstić information content (AvgIpc) is 2.99. The summed E-state index contributed by atoms with van der Waals surface area (Å²) >= 11 is 3.41. The van der Waals surface area contributed by atoms with E-state index in [2.05, 4.69) is 20.7 Å². The SMILES string of the molecule is Cc1cc(C)cc(P(=O)(c2cc(C)cc(C)c2)c2cc(C)c3c(c2Br)OC(F)(F)O3)c1. The van der Waals surface area contributed by atoms with Crippen LogP contribution in [0.1, 0.15) is 27.8 Å². The van der Waals surface area contributed by atoms with E-state index in [-0.39, 0.29) is 16.0 Å². The number of hydrogen-bond donors (Lipinski definition) is 0. The number of alkyl halides is 2. The van der Waals surface area contributed by atoms with E-state index in [1.54, 1.807) is 13.0 Å². The van der Waals surface area contributed by atoms with Crippen molar-refractivity contribution in [2.75, 3.05) is 0 Å². The normalized spacial score (nSPS) is 14.7. The third-order valence-electron chi connectivity index (χ3n) is 5.26. The van der Waals surface area contributed by atoms with E-state index < -0.39 is 13.4 Å². The lowest BCUT2D eigenvalue weighted by Gasteiger charge is -2.24. The van der Waals surface area contributed by atoms with Crippen LogP contribution in [0.3, 0.4) is 0 Å². The molecule has 0 radical (unpaired) electrons. The minimum atomic E-state index is -3.77. The van der Waals surface area contributed by atoms with E-state index in [1.165, 1.54) is 0 Å². The highest BCUT2D eigenvalue weighted by Gasteiger charge is 2.47. The summed E-state index contributed by atoms with van der Waals surface area (Å²) in [5, 5.41) is 1.68. The van der Waals surface area contributed by atoms with E-state index in [9.17, 15) is 8.78 Å². The zero-order chi connectivity index (χ0) is 22.7. The minimum Gasteiger partial charge on any atom is -0.395 e. The van der Waals surface area contributed by atoms with Crippen LogP contribution in [0.15, 0.2) is 46.9 Å². The van der Waals surface area contributed by atoms with Crippen LogP contribution in [0.25, 0.3) is 0 Å². The second-order valence-electron chi connectivity index (χ2n) is 8.15. The highest BCUT2D eigenvalue weighted by molar-refractivity contribution is 9.10. The number of fused-ring (bicyclic) bond motifs is 1. The number of aryl methyl sites for hydroxylation is 5. The summed E-state index contributed by atoms with van der Waals surface area (Å²) < 4.78 is 52.4. The average molecular weight is 507 g/mol. The van der Waals surface area contributed by atoms with Gasteiger partial charge in [-0.25, -0.2) is 0 Å². The fourth-order valence-electron chi connectivity index (χ4n) is 4.13. The Bertz CT molecular complexity index is 1170. The van der Waals surface area contributed by atoms with Crippen LogP contribution in [0, 0.1) is 34.6 Å². The summed E-state index contributed by atoms with van der Waals surface area (Å²) in [6.45, 7) is 9.43. The third kappa shape index (κ3) is 3.81. The Morgan fingerprint density at radius 2 is 1.16 bits per heavy atom. The predicted molar refractivity (Wildman–Crippen MR) is 123 cm³/mol. The molecular formula is C24H22BrF2O3P. The Labute approximate surface area is 188 Å². The van der Waals surface area contributed by atoms with Gasteiger partial charge in [-0.2, -0.15) is 0 Å². The van der Waals surface area contributed by atoms with Crippen LogP contribution in [-0.2, 0) is 4.57 Å². The van der Waals surface area contributed by atoms with E-state index in [0.29, 0.717) is 21.5 Å². The number of benzene rings is 3. The van der Waals surface area contributed by atoms with E-state index in [1.807, 2.05) is 64.1 Å². The third-order valence-corrected chi connectivity index (χ3v) is 9.36. The first kappa shape index (κ1) is 22.0. The maximum atomic E-state index is 15.0. The molecule has 3 nitrogen and oxygen atoms in total. The van der Waals surface area contributed by atoms with Gasteiger partial charge >= 0.3 is 6.29 Å². The fourth-order valence-corrected chi connectivity index (χ4v) is 8.40. The maximum Gasteiger partial charge on any atom is 0.586 e. The molecular weight excluding hydrogens is 485 g/mol. The van der Waals surface area contributed by atoms with Crippen LogP contribution in [-0.4, -0.2) is 6.29 Å². The second-order valence-corrected chi connectivity index (χ2v) is 11.7. The molecule has 1 aliphatic heterocycles. The first-order valence-corrected chi connectivity index (χ1v) is 12.3. The Hall–Kier alpha value is -2.17. The van der Waals surface area contributed by atoms with Crippen LogP contribution in [0.4, 0.5) is 8.78 Å². The molecule has 31 heavy (non-hydrogen) atoms. The van der Waals surface area contributed by atoms with Gasteiger partial charge in [0, 0.05) is 15.9 Å². The molecule has 1 aliphatic rings. The van der Waals surface area contributed by atoms with Gasteiger partial charge in [-0.15, -0.1) is 8.78 Å². The molecule has 0 saturated carbocycles. The largest absolute Gasteiger partial charge is 0.586 e. The number of halogens is 3. The molecule has 0 N–H and O–H groups in total. The molecule has 4 rings (SSSR count). The Balaban J connectivity index is 2.09. The topological polar surface area (TPSA) is 35.5 Å². The molecule has 0 aromatic heterocycles. The van der Waals surface area contributed by atoms with Gasteiger partial charge in [-0.05, 0) is 86.4 Å². The molecule has 0 unspecified atom stereocenters. The van der Waals surface area contributed by atoms with Gasteiger partial charge in [0.15, 0.2) is 18.6 Å². The fraction of sp³-hybridized carbons (Fsp3) is 0.250. The van der Waals surface area contributed by atoms with Gasteiger partial charge in [0.2, 0.25) is 0 Å². The van der Waals surface area contributed by atoms with Crippen molar-refractivity contribution in [2.45, 2.75) is 40.9 Å². The number of rotatable bonds is 3. The lowest BCUT2D eigenvalue weighted by atomic mass is 10.2. The second kappa shape index (κ2) is 7.46. The molecule has 162 valence electrons. The van der Waals surface area contributed by atoms with Gasteiger partial charge in [0.25, 0.3) is 0 Å². The number of hydrogen-bond acceptors (Lipinski definition) is 3. The molecule has 7 heteroatoms. The highest BCUT2D eigenvalue weighted by atomic mass is 79.9. The molecule has 0 spiro atoms. The van der Waals surface area contributed by atoms with E-state index >= 15 is 4.57 Å². The Morgan fingerprint density at radius 3 is 1.61 bits per heavy atom. The smallest absolute Gasteiger partial charge is 0.395 e. The predicted octanol–water partition coefficient (Wildman–Crippen LogP) is 5.95. The highest BCUT2D eigenvalue weighted by Crippen LogP contribution is 2.53. The quantitative estimate of drug-likeness (QED) is 0.411. The minimum absolute atomic E-state index is 0.0481. The zero-order valence-electron chi connectivity index (χ0n) is 17.8. The summed E-state index contributed by atoms with van der Waals surface area (Å²) in [7, 11) is -3.45. The van der Waals surface area contributed by atoms with Gasteiger partial charge in [0.1, 0.15) is 0 Å². The number of ether oxygens (including phenoxy) is 2. The van der Waals surface area contributed by atoms with Gasteiger partial charge in [-0.3, -0.25) is 0 Å². The zero-order valence-corrected chi connectivity index (χ0v) is 20.3. The van der Waals surface area contributed by atoms with Gasteiger partial charge < -0.3 is 14.0 Å². The Morgan fingerprint density at radius 1 is 0.742 bits per heavy atom. The van der Waals surface area contributed by atoms with Crippen molar-refractivity contribution in [3.05, 3.63) is 74.8 Å². The van der Waals surface area contributed by atoms with E-state index in [0.717, 1.165) is 22.3 Å². The lowest BCUT2D eigenvalue weighted by Crippen LogP contribution is -2.27. The molecule has 0 amide bonds. The van der Waals surface area contributed by atoms with Crippen molar-refractivity contribution in [3.63, 3.8) is 0 Å². The van der Waals surface area contributed by atoms with Crippen molar-refractivity contribution >= 4 is 39.0 Å². The molecule has 0 fully saturated rings. The standard InChI is InChI=1S/C24H22BrF2O3P/c1-13-6-14(2)9-18(8-13)31(28,19-10-15(3)7-16(4)11-19)20-12-17(5)22-23(21(20)25)30-24(26,27)29-22/h6-12H,1-5H3. The molecule has 0 bridgehead atoms. The van der Waals surface area contributed by atoms with Crippen LogP contribution >= 0.6 is 23.1 Å². The molecule has 0 atom stereocenters. The summed E-state index contributed by atoms with van der Waals surface area (Å²) in [4.78, 5) is 0. The lowest BCUT2D eigenvalue weighted by molar-refractivity contribution is -0.287. The summed E-state index contributed by atoms with van der Waals surface area (Å²) in [6.07, 6.45) is -3.77. The van der Waals surface area contributed by atoms with Gasteiger partial charge in [-0.1, -0.05) is 34.4 Å². The van der Waals surface area contributed by atoms with Crippen LogP contribution in [0.5, 0.6) is 11.5 Å². The van der Waals surface area contributed by atoms with Crippen molar-refractivity contribution in [2.24, 2.45) is 0 Å². The first-order chi connectivity index (χ1) is 14.4. The van der Waals surface area contributed by atoms with Crippen molar-refractivity contribution in [3.8, 4) is 11.5 Å². The molecule has 3 aromatic carbocycles. The summed E-state index contributed by atoms with van der Waals surface area (Å²) in [5.74, 6) is -0.179. The summed E-state index contributed by atoms with van der Waals surface area (Å²) in [6, 6.07) is 13.3.